The zero-order valence-corrected chi connectivity index (χ0v) is 22.1. The molecule has 1 saturated carbocycles. The molecule has 0 radical (unpaired) electrons. The Balaban J connectivity index is 1.95. The number of nitrogens with zero attached hydrogens (tertiary/aromatic N) is 1. The Bertz CT molecular complexity index is 1160. The molecule has 0 atom stereocenters. The first kappa shape index (κ1) is 26.7. The number of Topliss-reactive ketones (excluding diaryl/α,β-unsaturated/α-hetero) is 1. The smallest absolute Gasteiger partial charge is 0.254 e. The number of aryl methyl sites for hydroxylation is 2. The Morgan fingerprint density at radius 3 is 2.09 bits per heavy atom. The van der Waals surface area contributed by atoms with E-state index in [1.807, 2.05) is 13.0 Å². The number of ketones is 1. The van der Waals surface area contributed by atoms with Crippen LogP contribution in [-0.2, 0) is 10.2 Å². The second-order valence-electron chi connectivity index (χ2n) is 10.2. The summed E-state index contributed by atoms with van der Waals surface area (Å²) in [5, 5.41) is 10.6. The second-order valence-corrected chi connectivity index (χ2v) is 10.2. The average Bonchev–Trinajstić information content (AvgIpc) is 3.25. The van der Waals surface area contributed by atoms with Crippen LogP contribution in [0, 0.1) is 25.7 Å². The largest absolute Gasteiger partial charge is 0.378 e. The molecule has 0 aromatic heterocycles. The van der Waals surface area contributed by atoms with Crippen molar-refractivity contribution >= 4 is 11.7 Å². The molecule has 2 aromatic carbocycles. The van der Waals surface area contributed by atoms with Gasteiger partial charge in [0.05, 0.1) is 6.54 Å². The minimum atomic E-state index is -0.836. The number of likely N-dealkylation sites (N-methyl/N-ethyl adjacent to an activating group) is 1. The number of carbonyl (C=O) groups excluding carboxylic acids is 2. The normalized spacial score (nSPS) is 14.8. The first-order valence-electron chi connectivity index (χ1n) is 12.8. The van der Waals surface area contributed by atoms with Crippen molar-refractivity contribution in [2.75, 3.05) is 13.6 Å². The second kappa shape index (κ2) is 10.8. The number of rotatable bonds is 7. The molecule has 1 N–H and O–H groups in total. The summed E-state index contributed by atoms with van der Waals surface area (Å²) in [5.74, 6) is 6.19. The fourth-order valence-corrected chi connectivity index (χ4v) is 5.42. The summed E-state index contributed by atoms with van der Waals surface area (Å²) in [5.41, 5.74) is 5.01. The summed E-state index contributed by atoms with van der Waals surface area (Å²) in [7, 11) is 1.66. The van der Waals surface area contributed by atoms with Crippen molar-refractivity contribution in [2.45, 2.75) is 84.2 Å². The number of carbonyl (C=O) groups is 2. The van der Waals surface area contributed by atoms with Crippen molar-refractivity contribution in [1.82, 2.24) is 4.90 Å². The predicted molar refractivity (Wildman–Crippen MR) is 142 cm³/mol. The molecular formula is C31H39NO3. The lowest BCUT2D eigenvalue weighted by Crippen LogP contribution is -2.32. The van der Waals surface area contributed by atoms with Crippen molar-refractivity contribution in [3.05, 3.63) is 69.8 Å². The van der Waals surface area contributed by atoms with E-state index in [1.54, 1.807) is 7.05 Å². The molecule has 0 heterocycles. The molecule has 0 bridgehead atoms. The van der Waals surface area contributed by atoms with Gasteiger partial charge in [-0.15, -0.1) is 0 Å². The lowest BCUT2D eigenvalue weighted by molar-refractivity contribution is -0.117. The molecule has 3 rings (SSSR count). The van der Waals surface area contributed by atoms with Crippen LogP contribution >= 0.6 is 0 Å². The predicted octanol–water partition coefficient (Wildman–Crippen LogP) is 5.73. The van der Waals surface area contributed by atoms with Crippen LogP contribution in [0.5, 0.6) is 0 Å². The summed E-state index contributed by atoms with van der Waals surface area (Å²) in [6.45, 7) is 10.1. The quantitative estimate of drug-likeness (QED) is 0.523. The summed E-state index contributed by atoms with van der Waals surface area (Å²) < 4.78 is 0. The molecule has 35 heavy (non-hydrogen) atoms. The maximum atomic E-state index is 12.9. The van der Waals surface area contributed by atoms with E-state index in [4.69, 9.17) is 0 Å². The molecular weight excluding hydrogens is 434 g/mol. The third-order valence-electron chi connectivity index (χ3n) is 7.66. The summed E-state index contributed by atoms with van der Waals surface area (Å²) in [6.07, 6.45) is 5.43. The van der Waals surface area contributed by atoms with Crippen molar-refractivity contribution in [1.29, 1.82) is 0 Å². The van der Waals surface area contributed by atoms with E-state index in [1.165, 1.54) is 23.0 Å². The van der Waals surface area contributed by atoms with Gasteiger partial charge in [0.25, 0.3) is 5.91 Å². The molecule has 1 amide bonds. The van der Waals surface area contributed by atoms with E-state index < -0.39 is 5.60 Å². The molecule has 0 saturated heterocycles. The van der Waals surface area contributed by atoms with Gasteiger partial charge in [-0.1, -0.05) is 50.0 Å². The van der Waals surface area contributed by atoms with Crippen LogP contribution in [-0.4, -0.2) is 40.9 Å². The van der Waals surface area contributed by atoms with Gasteiger partial charge in [-0.25, -0.2) is 0 Å². The van der Waals surface area contributed by atoms with Crippen molar-refractivity contribution in [2.24, 2.45) is 0 Å². The Morgan fingerprint density at radius 1 is 1.00 bits per heavy atom. The Labute approximate surface area is 210 Å². The maximum Gasteiger partial charge on any atom is 0.254 e. The third-order valence-corrected chi connectivity index (χ3v) is 7.66. The van der Waals surface area contributed by atoms with Gasteiger partial charge in [0, 0.05) is 23.6 Å². The van der Waals surface area contributed by atoms with Crippen LogP contribution in [0.3, 0.4) is 0 Å². The Kier molecular flexibility index (Phi) is 8.23. The van der Waals surface area contributed by atoms with E-state index in [2.05, 4.69) is 62.9 Å². The van der Waals surface area contributed by atoms with Crippen LogP contribution < -0.4 is 0 Å². The van der Waals surface area contributed by atoms with E-state index in [0.717, 1.165) is 55.2 Å². The third kappa shape index (κ3) is 5.68. The summed E-state index contributed by atoms with van der Waals surface area (Å²) in [6, 6.07) is 12.6. The first-order valence-corrected chi connectivity index (χ1v) is 12.8. The van der Waals surface area contributed by atoms with Crippen LogP contribution in [0.25, 0.3) is 0 Å². The van der Waals surface area contributed by atoms with E-state index >= 15 is 0 Å². The van der Waals surface area contributed by atoms with Crippen molar-refractivity contribution in [3.63, 3.8) is 0 Å². The monoisotopic (exact) mass is 473 g/mol. The molecule has 0 aliphatic heterocycles. The highest BCUT2D eigenvalue weighted by Gasteiger charge is 2.32. The molecule has 0 spiro atoms. The van der Waals surface area contributed by atoms with Gasteiger partial charge in [0.1, 0.15) is 11.4 Å². The van der Waals surface area contributed by atoms with Gasteiger partial charge in [0.2, 0.25) is 0 Å². The minimum absolute atomic E-state index is 0.0352. The lowest BCUT2D eigenvalue weighted by atomic mass is 9.69. The van der Waals surface area contributed by atoms with E-state index in [9.17, 15) is 14.7 Å². The molecule has 1 aliphatic carbocycles. The number of hydrogen-bond acceptors (Lipinski definition) is 3. The molecule has 2 aromatic rings. The van der Waals surface area contributed by atoms with Gasteiger partial charge in [-0.2, -0.15) is 0 Å². The fraction of sp³-hybridized carbons (Fsp3) is 0.484. The number of benzene rings is 2. The van der Waals surface area contributed by atoms with Gasteiger partial charge < -0.3 is 10.0 Å². The number of hydrogen-bond donors (Lipinski definition) is 1. The molecule has 4 nitrogen and oxygen atoms in total. The molecule has 186 valence electrons. The lowest BCUT2D eigenvalue weighted by Gasteiger charge is -2.34. The Morgan fingerprint density at radius 2 is 1.57 bits per heavy atom. The summed E-state index contributed by atoms with van der Waals surface area (Å²) >= 11 is 0. The van der Waals surface area contributed by atoms with E-state index in [0.29, 0.717) is 5.56 Å². The molecule has 4 heteroatoms. The maximum absolute atomic E-state index is 12.9. The van der Waals surface area contributed by atoms with E-state index in [-0.39, 0.29) is 23.7 Å². The zero-order chi connectivity index (χ0) is 25.8. The van der Waals surface area contributed by atoms with Crippen LogP contribution in [0.2, 0.25) is 0 Å². The molecule has 1 fully saturated rings. The Hall–Kier alpha value is -2.90. The van der Waals surface area contributed by atoms with Gasteiger partial charge in [-0.3, -0.25) is 9.59 Å². The molecule has 1 aliphatic rings. The SMILES string of the molecule is CCC(CC)(c1ccc(C#CC2(O)CCCC2)c(C)c1)c1ccc(C(=O)N(C)CC(C)=O)c(C)c1. The minimum Gasteiger partial charge on any atom is -0.378 e. The first-order chi connectivity index (χ1) is 16.5. The average molecular weight is 474 g/mol. The van der Waals surface area contributed by atoms with Crippen LogP contribution in [0.1, 0.15) is 97.5 Å². The number of amides is 1. The van der Waals surface area contributed by atoms with Crippen molar-refractivity contribution in [3.8, 4) is 11.8 Å². The van der Waals surface area contributed by atoms with Crippen LogP contribution in [0.4, 0.5) is 0 Å². The highest BCUT2D eigenvalue weighted by Crippen LogP contribution is 2.40. The van der Waals surface area contributed by atoms with Gasteiger partial charge >= 0.3 is 0 Å². The van der Waals surface area contributed by atoms with Gasteiger partial charge in [0.15, 0.2) is 0 Å². The highest BCUT2D eigenvalue weighted by atomic mass is 16.3. The molecule has 0 unspecified atom stereocenters. The number of aliphatic hydroxyl groups is 1. The van der Waals surface area contributed by atoms with Gasteiger partial charge in [-0.05, 0) is 93.7 Å². The van der Waals surface area contributed by atoms with Crippen LogP contribution in [0.15, 0.2) is 36.4 Å². The fourth-order valence-electron chi connectivity index (χ4n) is 5.42. The zero-order valence-electron chi connectivity index (χ0n) is 22.1. The summed E-state index contributed by atoms with van der Waals surface area (Å²) in [4.78, 5) is 25.8. The standard InChI is InChI=1S/C31H39NO3/c1-7-31(8-2,27-13-14-28(23(4)20-27)29(34)32(6)21-24(5)33)26-12-11-25(22(3)19-26)15-18-30(35)16-9-10-17-30/h11-14,19-20,35H,7-10,16-17,21H2,1-6H3. The topological polar surface area (TPSA) is 57.6 Å². The van der Waals surface area contributed by atoms with Crippen molar-refractivity contribution < 1.29 is 14.7 Å². The highest BCUT2D eigenvalue weighted by molar-refractivity contribution is 5.97.